The van der Waals surface area contributed by atoms with Crippen LogP contribution in [0.4, 0.5) is 5.69 Å². The number of nitro benzene ring substituents is 1. The van der Waals surface area contributed by atoms with Crippen molar-refractivity contribution in [1.29, 1.82) is 0 Å². The van der Waals surface area contributed by atoms with E-state index in [1.54, 1.807) is 30.3 Å². The highest BCUT2D eigenvalue weighted by Gasteiger charge is 2.24. The molecule has 0 saturated carbocycles. The number of hydrogen-bond donors (Lipinski definition) is 0. The monoisotopic (exact) mass is 518 g/mol. The number of esters is 2. The molecule has 0 fully saturated rings. The highest BCUT2D eigenvalue weighted by molar-refractivity contribution is 9.10. The average molecular weight is 519 g/mol. The molecule has 1 aliphatic rings. The van der Waals surface area contributed by atoms with E-state index in [4.69, 9.17) is 9.47 Å². The minimum Gasteiger partial charge on any atom is -0.423 e. The molecule has 4 rings (SSSR count). The Hall–Kier alpha value is -4.37. The second-order valence-electron chi connectivity index (χ2n) is 6.99. The molecule has 168 valence electrons. The number of carbonyl (C=O) groups is 2. The highest BCUT2D eigenvalue weighted by Crippen LogP contribution is 2.28. The van der Waals surface area contributed by atoms with Gasteiger partial charge in [0.15, 0.2) is 5.70 Å². The SMILES string of the molecule is O=C(/C=C/c1ccc([N+](=O)[O-])cc1)Oc1ccc(Br)cc1/C=C1\N=C(c2ccccc2)OC1=O. The Morgan fingerprint density at radius 1 is 1.06 bits per heavy atom. The number of halogens is 1. The van der Waals surface area contributed by atoms with Gasteiger partial charge in [-0.2, -0.15) is 0 Å². The fourth-order valence-electron chi connectivity index (χ4n) is 3.00. The van der Waals surface area contributed by atoms with Gasteiger partial charge >= 0.3 is 11.9 Å². The number of cyclic esters (lactones) is 1. The lowest BCUT2D eigenvalue weighted by Gasteiger charge is -2.06. The Morgan fingerprint density at radius 2 is 1.79 bits per heavy atom. The topological polar surface area (TPSA) is 108 Å². The Morgan fingerprint density at radius 3 is 2.50 bits per heavy atom. The quantitative estimate of drug-likeness (QED) is 0.143. The molecule has 0 atom stereocenters. The van der Waals surface area contributed by atoms with Gasteiger partial charge in [0.2, 0.25) is 5.90 Å². The second-order valence-corrected chi connectivity index (χ2v) is 7.90. The van der Waals surface area contributed by atoms with E-state index in [-0.39, 0.29) is 23.0 Å². The molecule has 9 heteroatoms. The number of carbonyl (C=O) groups excluding carboxylic acids is 2. The van der Waals surface area contributed by atoms with Gasteiger partial charge in [-0.15, -0.1) is 0 Å². The van der Waals surface area contributed by atoms with Gasteiger partial charge in [-0.1, -0.05) is 34.1 Å². The van der Waals surface area contributed by atoms with Crippen molar-refractivity contribution in [3.63, 3.8) is 0 Å². The minimum absolute atomic E-state index is 0.0456. The maximum absolute atomic E-state index is 12.4. The Labute approximate surface area is 202 Å². The molecule has 1 heterocycles. The molecule has 8 nitrogen and oxygen atoms in total. The zero-order valence-corrected chi connectivity index (χ0v) is 19.0. The molecule has 0 spiro atoms. The van der Waals surface area contributed by atoms with Gasteiger partial charge in [-0.3, -0.25) is 10.1 Å². The predicted molar refractivity (Wildman–Crippen MR) is 129 cm³/mol. The number of rotatable bonds is 6. The number of hydrogen-bond acceptors (Lipinski definition) is 7. The molecule has 3 aromatic rings. The predicted octanol–water partition coefficient (Wildman–Crippen LogP) is 5.32. The molecule has 3 aromatic carbocycles. The Kier molecular flexibility index (Phi) is 6.74. The lowest BCUT2D eigenvalue weighted by molar-refractivity contribution is -0.384. The maximum Gasteiger partial charge on any atom is 0.363 e. The molecule has 0 aliphatic carbocycles. The van der Waals surface area contributed by atoms with E-state index in [1.165, 1.54) is 42.5 Å². The largest absolute Gasteiger partial charge is 0.423 e. The van der Waals surface area contributed by atoms with Crippen molar-refractivity contribution in [2.24, 2.45) is 4.99 Å². The zero-order valence-electron chi connectivity index (χ0n) is 17.4. The summed E-state index contributed by atoms with van der Waals surface area (Å²) in [6.45, 7) is 0. The van der Waals surface area contributed by atoms with Crippen LogP contribution < -0.4 is 4.74 Å². The van der Waals surface area contributed by atoms with Crippen LogP contribution >= 0.6 is 15.9 Å². The summed E-state index contributed by atoms with van der Waals surface area (Å²) < 4.78 is 11.4. The third-order valence-electron chi connectivity index (χ3n) is 4.63. The third-order valence-corrected chi connectivity index (χ3v) is 5.12. The molecule has 34 heavy (non-hydrogen) atoms. The van der Waals surface area contributed by atoms with Gasteiger partial charge in [0, 0.05) is 33.8 Å². The average Bonchev–Trinajstić information content (AvgIpc) is 3.20. The van der Waals surface area contributed by atoms with Gasteiger partial charge in [-0.25, -0.2) is 14.6 Å². The fourth-order valence-corrected chi connectivity index (χ4v) is 3.38. The van der Waals surface area contributed by atoms with Crippen LogP contribution in [0.1, 0.15) is 16.7 Å². The summed E-state index contributed by atoms with van der Waals surface area (Å²) in [5, 5.41) is 10.7. The summed E-state index contributed by atoms with van der Waals surface area (Å²) in [6.07, 6.45) is 4.16. The molecule has 0 radical (unpaired) electrons. The molecule has 1 aliphatic heterocycles. The number of nitrogens with zero attached hydrogens (tertiary/aromatic N) is 2. The summed E-state index contributed by atoms with van der Waals surface area (Å²) in [4.78, 5) is 39.2. The first-order chi connectivity index (χ1) is 16.4. The first-order valence-electron chi connectivity index (χ1n) is 9.91. The smallest absolute Gasteiger partial charge is 0.363 e. The third kappa shape index (κ3) is 5.51. The van der Waals surface area contributed by atoms with E-state index < -0.39 is 16.9 Å². The van der Waals surface area contributed by atoms with E-state index in [1.807, 2.05) is 18.2 Å². The number of ether oxygens (including phenoxy) is 2. The van der Waals surface area contributed by atoms with Gasteiger partial charge in [0.1, 0.15) is 5.75 Å². The number of non-ortho nitro benzene ring substituents is 1. The minimum atomic E-state index is -0.664. The fraction of sp³-hybridized carbons (Fsp3) is 0. The summed E-state index contributed by atoms with van der Waals surface area (Å²) in [5.74, 6) is -0.876. The van der Waals surface area contributed by atoms with Gasteiger partial charge in [-0.05, 0) is 60.2 Å². The lowest BCUT2D eigenvalue weighted by Crippen LogP contribution is -2.06. The Bertz CT molecular complexity index is 1360. The normalized spacial score (nSPS) is 14.2. The van der Waals surface area contributed by atoms with Crippen molar-refractivity contribution >= 4 is 51.6 Å². The summed E-state index contributed by atoms with van der Waals surface area (Å²) in [5.41, 5.74) is 1.72. The van der Waals surface area contributed by atoms with Crippen LogP contribution in [-0.4, -0.2) is 22.8 Å². The van der Waals surface area contributed by atoms with E-state index in [0.717, 1.165) is 0 Å². The standard InChI is InChI=1S/C25H15BrN2O6/c26-19-9-12-22(33-23(29)13-8-16-6-10-20(11-7-16)28(31)32)18(14-19)15-21-25(30)34-24(27-21)17-4-2-1-3-5-17/h1-15H/b13-8+,21-15-. The first kappa shape index (κ1) is 22.8. The Balaban J connectivity index is 1.54. The summed E-state index contributed by atoms with van der Waals surface area (Å²) in [7, 11) is 0. The van der Waals surface area contributed by atoms with Crippen LogP contribution in [0.15, 0.2) is 94.0 Å². The number of nitro groups is 1. The summed E-state index contributed by atoms with van der Waals surface area (Å²) >= 11 is 3.37. The molecule has 0 saturated heterocycles. The van der Waals surface area contributed by atoms with Crippen LogP contribution in [0, 0.1) is 10.1 Å². The van der Waals surface area contributed by atoms with Crippen LogP contribution in [0.25, 0.3) is 12.2 Å². The number of benzene rings is 3. The van der Waals surface area contributed by atoms with Crippen LogP contribution in [0.3, 0.4) is 0 Å². The molecule has 0 aromatic heterocycles. The molecular weight excluding hydrogens is 504 g/mol. The van der Waals surface area contributed by atoms with Crippen molar-refractivity contribution < 1.29 is 24.0 Å². The van der Waals surface area contributed by atoms with Crippen LogP contribution in [-0.2, 0) is 14.3 Å². The molecular formula is C25H15BrN2O6. The van der Waals surface area contributed by atoms with Crippen molar-refractivity contribution in [2.75, 3.05) is 0 Å². The van der Waals surface area contributed by atoms with Gasteiger partial charge in [0.25, 0.3) is 5.69 Å². The second kappa shape index (κ2) is 10.1. The zero-order chi connectivity index (χ0) is 24.1. The molecule has 0 unspecified atom stereocenters. The maximum atomic E-state index is 12.4. The number of aliphatic imine (C=N–C) groups is 1. The van der Waals surface area contributed by atoms with E-state index in [9.17, 15) is 19.7 Å². The van der Waals surface area contributed by atoms with Crippen LogP contribution in [0.5, 0.6) is 5.75 Å². The highest BCUT2D eigenvalue weighted by atomic mass is 79.9. The lowest BCUT2D eigenvalue weighted by atomic mass is 10.1. The van der Waals surface area contributed by atoms with Crippen molar-refractivity contribution in [3.05, 3.63) is 116 Å². The van der Waals surface area contributed by atoms with Crippen molar-refractivity contribution in [1.82, 2.24) is 0 Å². The van der Waals surface area contributed by atoms with E-state index in [0.29, 0.717) is 21.2 Å². The van der Waals surface area contributed by atoms with Crippen molar-refractivity contribution in [2.45, 2.75) is 0 Å². The van der Waals surface area contributed by atoms with E-state index in [2.05, 4.69) is 20.9 Å². The van der Waals surface area contributed by atoms with Gasteiger partial charge in [0.05, 0.1) is 4.92 Å². The van der Waals surface area contributed by atoms with E-state index >= 15 is 0 Å². The molecule has 0 amide bonds. The summed E-state index contributed by atoms with van der Waals surface area (Å²) in [6, 6.07) is 19.7. The first-order valence-corrected chi connectivity index (χ1v) is 10.7. The van der Waals surface area contributed by atoms with Crippen molar-refractivity contribution in [3.8, 4) is 5.75 Å². The molecule has 0 N–H and O–H groups in total. The van der Waals surface area contributed by atoms with Gasteiger partial charge < -0.3 is 9.47 Å². The van der Waals surface area contributed by atoms with Crippen LogP contribution in [0.2, 0.25) is 0 Å². The molecule has 0 bridgehead atoms.